The summed E-state index contributed by atoms with van der Waals surface area (Å²) in [5.74, 6) is -0.712. The third-order valence-corrected chi connectivity index (χ3v) is 6.37. The van der Waals surface area contributed by atoms with Crippen molar-refractivity contribution in [2.45, 2.75) is 24.2 Å². The summed E-state index contributed by atoms with van der Waals surface area (Å²) in [5, 5.41) is 1.88. The predicted molar refractivity (Wildman–Crippen MR) is 78.7 cm³/mol. The van der Waals surface area contributed by atoms with Crippen LogP contribution >= 0.6 is 11.3 Å². The number of halogens is 3. The molecule has 9 heteroatoms. The van der Waals surface area contributed by atoms with E-state index in [4.69, 9.17) is 0 Å². The van der Waals surface area contributed by atoms with Crippen molar-refractivity contribution in [2.24, 2.45) is 0 Å². The average Bonchev–Trinajstić information content (AvgIpc) is 2.93. The minimum absolute atomic E-state index is 0.154. The highest BCUT2D eigenvalue weighted by Crippen LogP contribution is 2.34. The maximum Gasteiger partial charge on any atom is 0.573 e. The summed E-state index contributed by atoms with van der Waals surface area (Å²) in [6.45, 7) is 0.387. The van der Waals surface area contributed by atoms with E-state index in [1.807, 2.05) is 11.4 Å². The molecule has 1 aromatic carbocycles. The number of hydrogen-bond acceptors (Lipinski definition) is 4. The fourth-order valence-electron chi connectivity index (χ4n) is 2.44. The smallest absolute Gasteiger partial charge is 0.404 e. The number of fused-ring (bicyclic) bond motifs is 1. The van der Waals surface area contributed by atoms with Crippen molar-refractivity contribution in [2.75, 3.05) is 6.54 Å². The largest absolute Gasteiger partial charge is 0.573 e. The first-order valence-electron chi connectivity index (χ1n) is 6.67. The Morgan fingerprint density at radius 3 is 2.65 bits per heavy atom. The van der Waals surface area contributed by atoms with Crippen LogP contribution in [0.15, 0.2) is 40.6 Å². The topological polar surface area (TPSA) is 46.6 Å². The molecule has 0 spiro atoms. The minimum Gasteiger partial charge on any atom is -0.404 e. The van der Waals surface area contributed by atoms with Gasteiger partial charge in [-0.2, -0.15) is 4.31 Å². The van der Waals surface area contributed by atoms with Gasteiger partial charge >= 0.3 is 6.36 Å². The second kappa shape index (κ2) is 5.81. The Bertz CT molecular complexity index is 815. The molecule has 0 saturated heterocycles. The Labute approximate surface area is 135 Å². The molecule has 0 atom stereocenters. The van der Waals surface area contributed by atoms with Crippen molar-refractivity contribution in [3.8, 4) is 5.75 Å². The second-order valence-electron chi connectivity index (χ2n) is 4.95. The number of nitrogens with zero attached hydrogens (tertiary/aromatic N) is 1. The van der Waals surface area contributed by atoms with Gasteiger partial charge in [-0.25, -0.2) is 8.42 Å². The first-order chi connectivity index (χ1) is 10.8. The van der Waals surface area contributed by atoms with Crippen LogP contribution in [-0.4, -0.2) is 25.6 Å². The molecule has 3 rings (SSSR count). The highest BCUT2D eigenvalue weighted by Gasteiger charge is 2.36. The van der Waals surface area contributed by atoms with Crippen LogP contribution in [0, 0.1) is 0 Å². The van der Waals surface area contributed by atoms with Crippen LogP contribution in [0.25, 0.3) is 0 Å². The Hall–Kier alpha value is -1.58. The normalized spacial score (nSPS) is 16.1. The maximum absolute atomic E-state index is 12.7. The van der Waals surface area contributed by atoms with Crippen LogP contribution in [0.4, 0.5) is 13.2 Å². The van der Waals surface area contributed by atoms with Crippen molar-refractivity contribution in [3.05, 3.63) is 46.2 Å². The highest BCUT2D eigenvalue weighted by atomic mass is 32.2. The van der Waals surface area contributed by atoms with E-state index in [1.165, 1.54) is 16.4 Å². The fourth-order valence-corrected chi connectivity index (χ4v) is 4.86. The standard InChI is InChI=1S/C14H12F3NO3S2/c15-14(16,17)21-11-3-1-2-4-13(11)23(19,20)18-7-5-12-10(9-18)6-8-22-12/h1-4,6,8H,5,7,9H2. The summed E-state index contributed by atoms with van der Waals surface area (Å²) in [6.07, 6.45) is -4.40. The van der Waals surface area contributed by atoms with E-state index in [-0.39, 0.29) is 13.1 Å². The second-order valence-corrected chi connectivity index (χ2v) is 7.86. The number of para-hydroxylation sites is 1. The van der Waals surface area contributed by atoms with Crippen LogP contribution in [-0.2, 0) is 23.0 Å². The minimum atomic E-state index is -4.95. The summed E-state index contributed by atoms with van der Waals surface area (Å²) in [6, 6.07) is 6.63. The third-order valence-electron chi connectivity index (χ3n) is 3.47. The van der Waals surface area contributed by atoms with Gasteiger partial charge in [-0.15, -0.1) is 24.5 Å². The van der Waals surface area contributed by atoms with E-state index in [1.54, 1.807) is 11.3 Å². The average molecular weight is 363 g/mol. The molecule has 0 unspecified atom stereocenters. The molecule has 124 valence electrons. The number of alkyl halides is 3. The molecule has 2 heterocycles. The number of hydrogen-bond donors (Lipinski definition) is 0. The summed E-state index contributed by atoms with van der Waals surface area (Å²) in [4.78, 5) is 0.632. The molecule has 0 bridgehead atoms. The van der Waals surface area contributed by atoms with Crippen molar-refractivity contribution >= 4 is 21.4 Å². The lowest BCUT2D eigenvalue weighted by atomic mass is 10.1. The van der Waals surface area contributed by atoms with Crippen molar-refractivity contribution in [3.63, 3.8) is 0 Å². The lowest BCUT2D eigenvalue weighted by Crippen LogP contribution is -2.35. The van der Waals surface area contributed by atoms with Gasteiger partial charge in [-0.1, -0.05) is 12.1 Å². The lowest BCUT2D eigenvalue weighted by Gasteiger charge is -2.27. The molecule has 0 amide bonds. The SMILES string of the molecule is O=S(=O)(c1ccccc1OC(F)(F)F)N1CCc2sccc2C1. The summed E-state index contributed by atoms with van der Waals surface area (Å²) in [5.41, 5.74) is 0.888. The molecule has 4 nitrogen and oxygen atoms in total. The van der Waals surface area contributed by atoms with Gasteiger partial charge in [0.2, 0.25) is 10.0 Å². The Kier molecular flexibility index (Phi) is 4.11. The number of ether oxygens (including phenoxy) is 1. The van der Waals surface area contributed by atoms with Gasteiger partial charge < -0.3 is 4.74 Å². The molecule has 0 saturated carbocycles. The van der Waals surface area contributed by atoms with Crippen molar-refractivity contribution < 1.29 is 26.3 Å². The van der Waals surface area contributed by atoms with Gasteiger partial charge in [-0.05, 0) is 35.6 Å². The Morgan fingerprint density at radius 2 is 1.91 bits per heavy atom. The van der Waals surface area contributed by atoms with Gasteiger partial charge in [0.25, 0.3) is 0 Å². The van der Waals surface area contributed by atoms with Gasteiger partial charge in [0.1, 0.15) is 10.6 Å². The van der Waals surface area contributed by atoms with E-state index < -0.39 is 27.0 Å². The van der Waals surface area contributed by atoms with Gasteiger partial charge in [0.05, 0.1) is 0 Å². The third kappa shape index (κ3) is 3.36. The van der Waals surface area contributed by atoms with Crippen LogP contribution in [0.3, 0.4) is 0 Å². The number of sulfonamides is 1. The van der Waals surface area contributed by atoms with Crippen molar-refractivity contribution in [1.82, 2.24) is 4.31 Å². The quantitative estimate of drug-likeness (QED) is 0.840. The molecule has 0 fully saturated rings. The van der Waals surface area contributed by atoms with Gasteiger partial charge in [0, 0.05) is 18.0 Å². The number of rotatable bonds is 3. The zero-order chi connectivity index (χ0) is 16.7. The Morgan fingerprint density at radius 1 is 1.17 bits per heavy atom. The van der Waals surface area contributed by atoms with E-state index in [9.17, 15) is 21.6 Å². The molecular formula is C14H12F3NO3S2. The van der Waals surface area contributed by atoms with Crippen LogP contribution in [0.2, 0.25) is 0 Å². The van der Waals surface area contributed by atoms with E-state index in [0.717, 1.165) is 22.6 Å². The highest BCUT2D eigenvalue weighted by molar-refractivity contribution is 7.89. The molecule has 0 radical (unpaired) electrons. The monoisotopic (exact) mass is 363 g/mol. The molecule has 2 aromatic rings. The lowest BCUT2D eigenvalue weighted by molar-refractivity contribution is -0.275. The number of thiophene rings is 1. The molecule has 0 N–H and O–H groups in total. The first-order valence-corrected chi connectivity index (χ1v) is 8.99. The molecule has 1 aliphatic heterocycles. The van der Waals surface area contributed by atoms with Crippen molar-refractivity contribution in [1.29, 1.82) is 0 Å². The molecule has 1 aliphatic rings. The van der Waals surface area contributed by atoms with E-state index in [0.29, 0.717) is 6.42 Å². The molecule has 0 aliphatic carbocycles. The molecule has 1 aromatic heterocycles. The van der Waals surface area contributed by atoms with Crippen LogP contribution in [0.1, 0.15) is 10.4 Å². The predicted octanol–water partition coefficient (Wildman–Crippen LogP) is 3.39. The molecule has 23 heavy (non-hydrogen) atoms. The van der Waals surface area contributed by atoms with E-state index >= 15 is 0 Å². The summed E-state index contributed by atoms with van der Waals surface area (Å²) in [7, 11) is -4.07. The maximum atomic E-state index is 12.7. The van der Waals surface area contributed by atoms with Gasteiger partial charge in [-0.3, -0.25) is 0 Å². The fraction of sp³-hybridized carbons (Fsp3) is 0.286. The summed E-state index contributed by atoms with van der Waals surface area (Å²) >= 11 is 1.55. The Balaban J connectivity index is 1.95. The first kappa shape index (κ1) is 16.3. The van der Waals surface area contributed by atoms with E-state index in [2.05, 4.69) is 4.74 Å². The zero-order valence-corrected chi connectivity index (χ0v) is 13.3. The molecular weight excluding hydrogens is 351 g/mol. The zero-order valence-electron chi connectivity index (χ0n) is 11.7. The van der Waals surface area contributed by atoms with Gasteiger partial charge in [0.15, 0.2) is 0 Å². The van der Waals surface area contributed by atoms with Crippen LogP contribution in [0.5, 0.6) is 5.75 Å². The van der Waals surface area contributed by atoms with Crippen LogP contribution < -0.4 is 4.74 Å². The number of benzene rings is 1. The summed E-state index contributed by atoms with van der Waals surface area (Å²) < 4.78 is 67.9.